The molecule has 1 fully saturated rings. The van der Waals surface area contributed by atoms with E-state index in [1.807, 2.05) is 18.2 Å². The van der Waals surface area contributed by atoms with Gasteiger partial charge in [0, 0.05) is 0 Å². The van der Waals surface area contributed by atoms with Gasteiger partial charge in [0.1, 0.15) is 6.54 Å². The molecule has 112 valence electrons. The Labute approximate surface area is 124 Å². The molecule has 3 N–H and O–H groups in total. The van der Waals surface area contributed by atoms with Gasteiger partial charge in [-0.05, 0) is 30.9 Å². The van der Waals surface area contributed by atoms with Crippen molar-refractivity contribution in [3.8, 4) is 0 Å². The molecule has 21 heavy (non-hydrogen) atoms. The van der Waals surface area contributed by atoms with Crippen LogP contribution in [0.2, 0.25) is 0 Å². The van der Waals surface area contributed by atoms with Crippen LogP contribution in [-0.4, -0.2) is 23.9 Å². The van der Waals surface area contributed by atoms with Crippen LogP contribution in [0.25, 0.3) is 0 Å². The highest BCUT2D eigenvalue weighted by Crippen LogP contribution is 2.36. The minimum Gasteiger partial charge on any atom is -0.323 e. The third-order valence-electron chi connectivity index (χ3n) is 4.47. The molecule has 0 aromatic heterocycles. The molecule has 1 aliphatic carbocycles. The summed E-state index contributed by atoms with van der Waals surface area (Å²) in [4.78, 5) is 26.3. The van der Waals surface area contributed by atoms with E-state index in [2.05, 4.69) is 12.2 Å². The fourth-order valence-electron chi connectivity index (χ4n) is 3.47. The first-order valence-electron chi connectivity index (χ1n) is 7.49. The quantitative estimate of drug-likeness (QED) is 0.828. The molecule has 1 aromatic carbocycles. The van der Waals surface area contributed by atoms with Crippen LogP contribution in [0.15, 0.2) is 24.3 Å². The number of amides is 2. The third kappa shape index (κ3) is 2.53. The van der Waals surface area contributed by atoms with E-state index >= 15 is 0 Å². The zero-order chi connectivity index (χ0) is 15.0. The van der Waals surface area contributed by atoms with Gasteiger partial charge in [-0.2, -0.15) is 0 Å². The van der Waals surface area contributed by atoms with E-state index in [1.165, 1.54) is 0 Å². The summed E-state index contributed by atoms with van der Waals surface area (Å²) in [7, 11) is 0. The van der Waals surface area contributed by atoms with Crippen LogP contribution in [0.3, 0.4) is 0 Å². The maximum absolute atomic E-state index is 12.9. The van der Waals surface area contributed by atoms with E-state index in [0.717, 1.165) is 18.5 Å². The maximum atomic E-state index is 12.9. The van der Waals surface area contributed by atoms with Crippen molar-refractivity contribution in [3.05, 3.63) is 24.3 Å². The van der Waals surface area contributed by atoms with Gasteiger partial charge in [-0.1, -0.05) is 31.9 Å². The van der Waals surface area contributed by atoms with Gasteiger partial charge >= 0.3 is 0 Å². The number of para-hydroxylation sites is 2. The summed E-state index contributed by atoms with van der Waals surface area (Å²) in [5, 5.41) is 2.80. The molecular weight excluding hydrogens is 266 g/mol. The van der Waals surface area contributed by atoms with E-state index in [9.17, 15) is 9.59 Å². The normalized spacial score (nSPS) is 28.8. The molecule has 5 nitrogen and oxygen atoms in total. The number of hydrogen-bond acceptors (Lipinski definition) is 3. The predicted octanol–water partition coefficient (Wildman–Crippen LogP) is 1.88. The van der Waals surface area contributed by atoms with E-state index in [-0.39, 0.29) is 18.4 Å². The lowest BCUT2D eigenvalue weighted by Crippen LogP contribution is -2.59. The second-order valence-electron chi connectivity index (χ2n) is 6.31. The lowest BCUT2D eigenvalue weighted by Gasteiger charge is -2.40. The Morgan fingerprint density at radius 3 is 2.95 bits per heavy atom. The Morgan fingerprint density at radius 1 is 1.43 bits per heavy atom. The molecule has 0 spiro atoms. The van der Waals surface area contributed by atoms with Gasteiger partial charge in [-0.15, -0.1) is 0 Å². The fourth-order valence-corrected chi connectivity index (χ4v) is 3.47. The fraction of sp³-hybridized carbons (Fsp3) is 0.500. The van der Waals surface area contributed by atoms with Crippen LogP contribution in [0.5, 0.6) is 0 Å². The van der Waals surface area contributed by atoms with Crippen LogP contribution in [0.4, 0.5) is 11.4 Å². The first-order chi connectivity index (χ1) is 9.99. The molecular formula is C16H21N3O2. The zero-order valence-corrected chi connectivity index (χ0v) is 12.3. The van der Waals surface area contributed by atoms with Crippen molar-refractivity contribution in [1.82, 2.24) is 0 Å². The van der Waals surface area contributed by atoms with E-state index in [0.29, 0.717) is 24.4 Å². The Morgan fingerprint density at radius 2 is 2.19 bits per heavy atom. The van der Waals surface area contributed by atoms with Crippen LogP contribution >= 0.6 is 0 Å². The second kappa shape index (κ2) is 5.15. The van der Waals surface area contributed by atoms with E-state index in [1.54, 1.807) is 11.0 Å². The Hall–Kier alpha value is -1.88. The average Bonchev–Trinajstić information content (AvgIpc) is 2.45. The number of hydrogen-bond donors (Lipinski definition) is 2. The molecule has 5 heteroatoms. The van der Waals surface area contributed by atoms with Gasteiger partial charge in [0.2, 0.25) is 11.8 Å². The molecule has 2 aliphatic rings. The summed E-state index contributed by atoms with van der Waals surface area (Å²) in [5.74, 6) is 0.146. The number of carbonyl (C=O) groups excluding carboxylic acids is 2. The van der Waals surface area contributed by atoms with Crippen LogP contribution < -0.4 is 16.0 Å². The van der Waals surface area contributed by atoms with Crippen molar-refractivity contribution in [2.24, 2.45) is 11.7 Å². The second-order valence-corrected chi connectivity index (χ2v) is 6.31. The van der Waals surface area contributed by atoms with Crippen molar-refractivity contribution >= 4 is 23.2 Å². The van der Waals surface area contributed by atoms with Crippen molar-refractivity contribution in [2.75, 3.05) is 16.8 Å². The number of anilines is 2. The molecule has 2 unspecified atom stereocenters. The standard InChI is InChI=1S/C16H21N3O2/c1-11-5-4-8-16(17,9-11)15(21)19-10-14(20)18-12-6-2-3-7-13(12)19/h2-3,6-7,11H,4-5,8-10,17H2,1H3,(H,18,20). The molecule has 1 saturated carbocycles. The third-order valence-corrected chi connectivity index (χ3v) is 4.47. The molecule has 1 aliphatic heterocycles. The predicted molar refractivity (Wildman–Crippen MR) is 82.0 cm³/mol. The van der Waals surface area contributed by atoms with Crippen LogP contribution in [-0.2, 0) is 9.59 Å². The zero-order valence-electron chi connectivity index (χ0n) is 12.3. The first kappa shape index (κ1) is 14.1. The van der Waals surface area contributed by atoms with Gasteiger partial charge in [0.25, 0.3) is 0 Å². The summed E-state index contributed by atoms with van der Waals surface area (Å²) in [6.07, 6.45) is 3.46. The number of benzene rings is 1. The molecule has 1 heterocycles. The topological polar surface area (TPSA) is 75.4 Å². The van der Waals surface area contributed by atoms with Crippen molar-refractivity contribution in [3.63, 3.8) is 0 Å². The van der Waals surface area contributed by atoms with Gasteiger partial charge in [-0.3, -0.25) is 14.5 Å². The minimum absolute atomic E-state index is 0.0448. The Bertz CT molecular complexity index is 587. The maximum Gasteiger partial charge on any atom is 0.247 e. The lowest BCUT2D eigenvalue weighted by atomic mass is 9.76. The highest BCUT2D eigenvalue weighted by molar-refractivity contribution is 6.12. The number of nitrogens with zero attached hydrogens (tertiary/aromatic N) is 1. The summed E-state index contributed by atoms with van der Waals surface area (Å²) < 4.78 is 0. The van der Waals surface area contributed by atoms with Crippen LogP contribution in [0.1, 0.15) is 32.6 Å². The van der Waals surface area contributed by atoms with Gasteiger partial charge in [0.15, 0.2) is 0 Å². The summed E-state index contributed by atoms with van der Waals surface area (Å²) in [6, 6.07) is 7.36. The largest absolute Gasteiger partial charge is 0.323 e. The molecule has 0 bridgehead atoms. The average molecular weight is 287 g/mol. The first-order valence-corrected chi connectivity index (χ1v) is 7.49. The highest BCUT2D eigenvalue weighted by Gasteiger charge is 2.42. The number of nitrogens with one attached hydrogen (secondary N) is 1. The van der Waals surface area contributed by atoms with Gasteiger partial charge < -0.3 is 11.1 Å². The molecule has 3 rings (SSSR count). The SMILES string of the molecule is CC1CCCC(N)(C(=O)N2CC(=O)Nc3ccccc32)C1. The van der Waals surface area contributed by atoms with Crippen LogP contribution in [0, 0.1) is 5.92 Å². The van der Waals surface area contributed by atoms with E-state index < -0.39 is 5.54 Å². The minimum atomic E-state index is -0.845. The lowest BCUT2D eigenvalue weighted by molar-refractivity contribution is -0.127. The molecule has 1 aromatic rings. The number of fused-ring (bicyclic) bond motifs is 1. The summed E-state index contributed by atoms with van der Waals surface area (Å²) >= 11 is 0. The monoisotopic (exact) mass is 287 g/mol. The summed E-state index contributed by atoms with van der Waals surface area (Å²) in [5.41, 5.74) is 6.98. The van der Waals surface area contributed by atoms with Gasteiger partial charge in [-0.25, -0.2) is 0 Å². The number of rotatable bonds is 1. The number of nitrogens with two attached hydrogens (primary N) is 1. The molecule has 0 saturated heterocycles. The molecule has 2 amide bonds. The highest BCUT2D eigenvalue weighted by atomic mass is 16.2. The van der Waals surface area contributed by atoms with Crippen molar-refractivity contribution < 1.29 is 9.59 Å². The Balaban J connectivity index is 1.93. The Kier molecular flexibility index (Phi) is 3.45. The van der Waals surface area contributed by atoms with Crippen molar-refractivity contribution in [2.45, 2.75) is 38.1 Å². The smallest absolute Gasteiger partial charge is 0.247 e. The molecule has 2 atom stereocenters. The molecule has 0 radical (unpaired) electrons. The number of carbonyl (C=O) groups is 2. The summed E-state index contributed by atoms with van der Waals surface area (Å²) in [6.45, 7) is 2.17. The van der Waals surface area contributed by atoms with E-state index in [4.69, 9.17) is 5.73 Å². The van der Waals surface area contributed by atoms with Crippen molar-refractivity contribution in [1.29, 1.82) is 0 Å². The van der Waals surface area contributed by atoms with Gasteiger partial charge in [0.05, 0.1) is 16.9 Å².